The standard InChI is InChI=1S/C15H16F2N2O3/c1-8-6-11(20)18-19-14(8)9-2-3-10(13(17)12(9)16)22-7-15(21)4-5-15/h2-3,8,21H,4-7H2,1H3,(H,18,20)/t8-/m1/s1. The van der Waals surface area contributed by atoms with E-state index in [-0.39, 0.29) is 36.2 Å². The predicted molar refractivity (Wildman–Crippen MR) is 74.5 cm³/mol. The van der Waals surface area contributed by atoms with Gasteiger partial charge in [-0.15, -0.1) is 0 Å². The zero-order valence-corrected chi connectivity index (χ0v) is 12.0. The van der Waals surface area contributed by atoms with Crippen LogP contribution in [0, 0.1) is 17.6 Å². The first-order chi connectivity index (χ1) is 10.4. The zero-order valence-electron chi connectivity index (χ0n) is 12.0. The molecule has 22 heavy (non-hydrogen) atoms. The third kappa shape index (κ3) is 2.81. The fourth-order valence-corrected chi connectivity index (χ4v) is 2.32. The van der Waals surface area contributed by atoms with Gasteiger partial charge in [0.25, 0.3) is 0 Å². The summed E-state index contributed by atoms with van der Waals surface area (Å²) in [5.74, 6) is -2.98. The molecule has 2 N–H and O–H groups in total. The molecule has 0 radical (unpaired) electrons. The summed E-state index contributed by atoms with van der Waals surface area (Å²) < 4.78 is 33.5. The lowest BCUT2D eigenvalue weighted by Gasteiger charge is -2.20. The second-order valence-electron chi connectivity index (χ2n) is 5.89. The number of carbonyl (C=O) groups excluding carboxylic acids is 1. The number of hydrogen-bond donors (Lipinski definition) is 2. The summed E-state index contributed by atoms with van der Waals surface area (Å²) in [5.41, 5.74) is 1.66. The Hall–Kier alpha value is -2.02. The van der Waals surface area contributed by atoms with Crippen molar-refractivity contribution in [3.05, 3.63) is 29.3 Å². The van der Waals surface area contributed by atoms with E-state index >= 15 is 0 Å². The molecule has 118 valence electrons. The number of hydrogen-bond acceptors (Lipinski definition) is 4. The molecular weight excluding hydrogens is 294 g/mol. The zero-order chi connectivity index (χ0) is 15.9. The van der Waals surface area contributed by atoms with Crippen LogP contribution in [0.5, 0.6) is 5.75 Å². The number of amides is 1. The number of halogens is 2. The van der Waals surface area contributed by atoms with Crippen LogP contribution in [-0.4, -0.2) is 28.9 Å². The van der Waals surface area contributed by atoms with Gasteiger partial charge in [-0.1, -0.05) is 6.92 Å². The van der Waals surface area contributed by atoms with Crippen molar-refractivity contribution in [1.29, 1.82) is 0 Å². The Bertz CT molecular complexity index is 656. The molecule has 3 rings (SSSR count). The van der Waals surface area contributed by atoms with Crippen molar-refractivity contribution in [2.75, 3.05) is 6.61 Å². The summed E-state index contributed by atoms with van der Waals surface area (Å²) in [7, 11) is 0. The maximum Gasteiger partial charge on any atom is 0.240 e. The summed E-state index contributed by atoms with van der Waals surface area (Å²) >= 11 is 0. The second-order valence-corrected chi connectivity index (χ2v) is 5.89. The van der Waals surface area contributed by atoms with Gasteiger partial charge in [-0.25, -0.2) is 9.82 Å². The Morgan fingerprint density at radius 2 is 2.14 bits per heavy atom. The predicted octanol–water partition coefficient (Wildman–Crippen LogP) is 1.73. The van der Waals surface area contributed by atoms with Crippen molar-refractivity contribution in [2.45, 2.75) is 31.8 Å². The van der Waals surface area contributed by atoms with Crippen LogP contribution in [0.4, 0.5) is 8.78 Å². The van der Waals surface area contributed by atoms with Crippen LogP contribution in [-0.2, 0) is 4.79 Å². The molecule has 7 heteroatoms. The molecule has 0 bridgehead atoms. The van der Waals surface area contributed by atoms with Gasteiger partial charge in [0.05, 0.1) is 11.3 Å². The van der Waals surface area contributed by atoms with E-state index in [0.29, 0.717) is 18.6 Å². The first kappa shape index (κ1) is 14.9. The van der Waals surface area contributed by atoms with Crippen molar-refractivity contribution >= 4 is 11.6 Å². The van der Waals surface area contributed by atoms with Gasteiger partial charge in [-0.2, -0.15) is 9.49 Å². The third-order valence-corrected chi connectivity index (χ3v) is 3.91. The lowest BCUT2D eigenvalue weighted by Crippen LogP contribution is -2.32. The molecule has 2 aliphatic rings. The molecule has 5 nitrogen and oxygen atoms in total. The van der Waals surface area contributed by atoms with Crippen molar-refractivity contribution in [2.24, 2.45) is 11.0 Å². The smallest absolute Gasteiger partial charge is 0.240 e. The quantitative estimate of drug-likeness (QED) is 0.889. The van der Waals surface area contributed by atoms with E-state index in [1.807, 2.05) is 0 Å². The van der Waals surface area contributed by atoms with Crippen LogP contribution in [0.1, 0.15) is 31.7 Å². The van der Waals surface area contributed by atoms with Crippen molar-refractivity contribution in [3.8, 4) is 5.75 Å². The van der Waals surface area contributed by atoms with E-state index in [1.54, 1.807) is 6.92 Å². The summed E-state index contributed by atoms with van der Waals surface area (Å²) in [5, 5.41) is 13.5. The number of rotatable bonds is 4. The minimum Gasteiger partial charge on any atom is -0.487 e. The molecule has 1 aromatic carbocycles. The van der Waals surface area contributed by atoms with Gasteiger partial charge < -0.3 is 9.84 Å². The van der Waals surface area contributed by atoms with Crippen molar-refractivity contribution in [3.63, 3.8) is 0 Å². The molecule has 0 spiro atoms. The van der Waals surface area contributed by atoms with Gasteiger partial charge >= 0.3 is 0 Å². The first-order valence-corrected chi connectivity index (χ1v) is 7.09. The summed E-state index contributed by atoms with van der Waals surface area (Å²) in [6.07, 6.45) is 1.37. The molecule has 1 saturated carbocycles. The number of nitrogens with one attached hydrogen (secondary N) is 1. The Kier molecular flexibility index (Phi) is 3.60. The minimum atomic E-state index is -1.12. The van der Waals surface area contributed by atoms with E-state index < -0.39 is 17.2 Å². The molecular formula is C15H16F2N2O3. The van der Waals surface area contributed by atoms with Gasteiger partial charge in [0, 0.05) is 17.9 Å². The van der Waals surface area contributed by atoms with E-state index in [4.69, 9.17) is 4.74 Å². The molecule has 1 aliphatic heterocycles. The molecule has 1 aromatic rings. The number of ether oxygens (including phenoxy) is 1. The van der Waals surface area contributed by atoms with Gasteiger partial charge in [-0.05, 0) is 25.0 Å². The van der Waals surface area contributed by atoms with Crippen LogP contribution >= 0.6 is 0 Å². The van der Waals surface area contributed by atoms with Gasteiger partial charge in [-0.3, -0.25) is 4.79 Å². The van der Waals surface area contributed by atoms with Crippen LogP contribution in [0.25, 0.3) is 0 Å². The van der Waals surface area contributed by atoms with E-state index in [1.165, 1.54) is 12.1 Å². The average molecular weight is 310 g/mol. The van der Waals surface area contributed by atoms with E-state index in [0.717, 1.165) is 0 Å². The highest BCUT2D eigenvalue weighted by molar-refractivity contribution is 6.05. The summed E-state index contributed by atoms with van der Waals surface area (Å²) in [6, 6.07) is 2.68. The van der Waals surface area contributed by atoms with Crippen LogP contribution in [0.15, 0.2) is 17.2 Å². The Labute approximate surface area is 126 Å². The highest BCUT2D eigenvalue weighted by Gasteiger charge is 2.41. The summed E-state index contributed by atoms with van der Waals surface area (Å²) in [6.45, 7) is 1.66. The van der Waals surface area contributed by atoms with Gasteiger partial charge in [0.2, 0.25) is 11.7 Å². The normalized spacial score (nSPS) is 22.8. The largest absolute Gasteiger partial charge is 0.487 e. The molecule has 1 fully saturated rings. The van der Waals surface area contributed by atoms with Gasteiger partial charge in [0.1, 0.15) is 6.61 Å². The van der Waals surface area contributed by atoms with Crippen LogP contribution in [0.2, 0.25) is 0 Å². The molecule has 0 saturated heterocycles. The molecule has 1 amide bonds. The van der Waals surface area contributed by atoms with Crippen LogP contribution < -0.4 is 10.2 Å². The topological polar surface area (TPSA) is 70.9 Å². The maximum atomic E-state index is 14.2. The van der Waals surface area contributed by atoms with E-state index in [2.05, 4.69) is 10.5 Å². The molecule has 0 unspecified atom stereocenters. The first-order valence-electron chi connectivity index (χ1n) is 7.09. The number of benzene rings is 1. The highest BCUT2D eigenvalue weighted by atomic mass is 19.2. The Morgan fingerprint density at radius 1 is 1.41 bits per heavy atom. The van der Waals surface area contributed by atoms with Crippen LogP contribution in [0.3, 0.4) is 0 Å². The highest BCUT2D eigenvalue weighted by Crippen LogP contribution is 2.36. The molecule has 1 atom stereocenters. The second kappa shape index (κ2) is 5.31. The van der Waals surface area contributed by atoms with Gasteiger partial charge in [0.15, 0.2) is 11.6 Å². The lowest BCUT2D eigenvalue weighted by atomic mass is 9.93. The minimum absolute atomic E-state index is 0.00230. The SMILES string of the molecule is C[C@@H]1CC(=O)NN=C1c1ccc(OCC2(O)CC2)c(F)c1F. The molecule has 1 aliphatic carbocycles. The third-order valence-electron chi connectivity index (χ3n) is 3.91. The summed E-state index contributed by atoms with van der Waals surface area (Å²) in [4.78, 5) is 11.2. The fourth-order valence-electron chi connectivity index (χ4n) is 2.32. The van der Waals surface area contributed by atoms with Crippen molar-refractivity contribution in [1.82, 2.24) is 5.43 Å². The average Bonchev–Trinajstić information content (AvgIpc) is 3.20. The molecule has 1 heterocycles. The molecule has 0 aromatic heterocycles. The maximum absolute atomic E-state index is 14.2. The Morgan fingerprint density at radius 3 is 2.77 bits per heavy atom. The number of nitrogens with zero attached hydrogens (tertiary/aromatic N) is 1. The number of carbonyl (C=O) groups is 1. The monoisotopic (exact) mass is 310 g/mol. The number of hydrazone groups is 1. The van der Waals surface area contributed by atoms with Crippen molar-refractivity contribution < 1.29 is 23.4 Å². The van der Waals surface area contributed by atoms with E-state index in [9.17, 15) is 18.7 Å². The lowest BCUT2D eigenvalue weighted by molar-refractivity contribution is -0.121. The number of aliphatic hydroxyl groups is 1. The Balaban J connectivity index is 1.84. The fraction of sp³-hybridized carbons (Fsp3) is 0.467.